The molecule has 0 heterocycles. The first-order chi connectivity index (χ1) is 7.99. The number of rotatable bonds is 4. The van der Waals surface area contributed by atoms with Crippen LogP contribution in [0.2, 0.25) is 0 Å². The molecular weight excluding hydrogens is 204 g/mol. The fourth-order valence-corrected chi connectivity index (χ4v) is 2.09. The molecule has 0 radical (unpaired) electrons. The van der Waals surface area contributed by atoms with Crippen LogP contribution in [0.5, 0.6) is 0 Å². The molecule has 1 rings (SSSR count). The molecule has 0 heteroatoms. The molecule has 0 N–H and O–H groups in total. The summed E-state index contributed by atoms with van der Waals surface area (Å²) in [5.41, 5.74) is 3.14. The van der Waals surface area contributed by atoms with Crippen molar-refractivity contribution in [2.45, 2.75) is 58.8 Å². The highest BCUT2D eigenvalue weighted by molar-refractivity contribution is 5.29. The minimum Gasteiger partial charge on any atom is -0.0916 e. The fourth-order valence-electron chi connectivity index (χ4n) is 2.09. The Morgan fingerprint density at radius 2 is 1.71 bits per heavy atom. The van der Waals surface area contributed by atoms with Gasteiger partial charge in [0.2, 0.25) is 0 Å². The van der Waals surface area contributed by atoms with Crippen molar-refractivity contribution in [2.75, 3.05) is 0 Å². The van der Waals surface area contributed by atoms with E-state index >= 15 is 0 Å². The lowest BCUT2D eigenvalue weighted by molar-refractivity contribution is 0.588. The van der Waals surface area contributed by atoms with E-state index < -0.39 is 0 Å². The Balaban J connectivity index is 2.85. The molecule has 0 aliphatic carbocycles. The third-order valence-corrected chi connectivity index (χ3v) is 3.40. The van der Waals surface area contributed by atoms with Crippen LogP contribution in [0.4, 0.5) is 0 Å². The van der Waals surface area contributed by atoms with Crippen molar-refractivity contribution in [3.05, 3.63) is 47.5 Å². The van der Waals surface area contributed by atoms with Gasteiger partial charge in [-0.25, -0.2) is 0 Å². The van der Waals surface area contributed by atoms with Gasteiger partial charge in [-0.3, -0.25) is 0 Å². The van der Waals surface area contributed by atoms with Crippen molar-refractivity contribution in [1.29, 1.82) is 0 Å². The minimum atomic E-state index is 0.254. The van der Waals surface area contributed by atoms with Crippen LogP contribution >= 0.6 is 0 Å². The molecule has 1 atom stereocenters. The van der Waals surface area contributed by atoms with Crippen LogP contribution in [0.15, 0.2) is 36.4 Å². The molecule has 0 spiro atoms. The smallest absolute Gasteiger partial charge is 0.0130 e. The molecule has 0 nitrogen and oxygen atoms in total. The second-order valence-electron chi connectivity index (χ2n) is 5.78. The van der Waals surface area contributed by atoms with E-state index in [9.17, 15) is 0 Å². The van der Waals surface area contributed by atoms with Gasteiger partial charge in [0.05, 0.1) is 0 Å². The molecule has 0 aliphatic heterocycles. The summed E-state index contributed by atoms with van der Waals surface area (Å²) in [6.07, 6.45) is 6.78. The monoisotopic (exact) mass is 230 g/mol. The van der Waals surface area contributed by atoms with Crippen LogP contribution in [0.3, 0.4) is 0 Å². The van der Waals surface area contributed by atoms with E-state index in [0.717, 1.165) is 6.42 Å². The molecule has 1 aromatic rings. The molecule has 0 aromatic heterocycles. The fraction of sp³-hybridized carbons (Fsp3) is 0.529. The van der Waals surface area contributed by atoms with Gasteiger partial charge < -0.3 is 0 Å². The standard InChI is InChI=1S/C17H26/c1-6-8-9-14(7-2)15-10-12-16(13-11-15)17(3,4)5/h6,8,10-14H,7,9H2,1-5H3/b8-6-. The third kappa shape index (κ3) is 4.03. The summed E-state index contributed by atoms with van der Waals surface area (Å²) in [7, 11) is 0. The molecule has 0 bridgehead atoms. The quantitative estimate of drug-likeness (QED) is 0.604. The van der Waals surface area contributed by atoms with Crippen LogP contribution in [0.1, 0.15) is 64.5 Å². The van der Waals surface area contributed by atoms with Crippen LogP contribution in [0, 0.1) is 0 Å². The van der Waals surface area contributed by atoms with Crippen molar-refractivity contribution in [2.24, 2.45) is 0 Å². The largest absolute Gasteiger partial charge is 0.0916 e. The molecule has 0 aliphatic rings. The van der Waals surface area contributed by atoms with Gasteiger partial charge in [-0.2, -0.15) is 0 Å². The van der Waals surface area contributed by atoms with Gasteiger partial charge in [0.15, 0.2) is 0 Å². The Morgan fingerprint density at radius 3 is 2.12 bits per heavy atom. The van der Waals surface area contributed by atoms with E-state index in [1.807, 2.05) is 0 Å². The second-order valence-corrected chi connectivity index (χ2v) is 5.78. The average molecular weight is 230 g/mol. The van der Waals surface area contributed by atoms with Crippen molar-refractivity contribution < 1.29 is 0 Å². The molecule has 0 fully saturated rings. The summed E-state index contributed by atoms with van der Waals surface area (Å²) < 4.78 is 0. The van der Waals surface area contributed by atoms with Gasteiger partial charge in [0.25, 0.3) is 0 Å². The summed E-state index contributed by atoms with van der Waals surface area (Å²) in [6.45, 7) is 11.2. The summed E-state index contributed by atoms with van der Waals surface area (Å²) >= 11 is 0. The second kappa shape index (κ2) is 6.05. The van der Waals surface area contributed by atoms with Gasteiger partial charge in [-0.1, -0.05) is 64.1 Å². The molecule has 1 aromatic carbocycles. The van der Waals surface area contributed by atoms with Crippen molar-refractivity contribution >= 4 is 0 Å². The number of allylic oxidation sites excluding steroid dienone is 2. The Morgan fingerprint density at radius 1 is 1.12 bits per heavy atom. The molecule has 0 saturated carbocycles. The van der Waals surface area contributed by atoms with Crippen LogP contribution < -0.4 is 0 Å². The molecule has 0 amide bonds. The van der Waals surface area contributed by atoms with Gasteiger partial charge in [0.1, 0.15) is 0 Å². The molecule has 1 unspecified atom stereocenters. The van der Waals surface area contributed by atoms with Gasteiger partial charge in [-0.05, 0) is 42.2 Å². The van der Waals surface area contributed by atoms with E-state index in [2.05, 4.69) is 71.0 Å². The minimum absolute atomic E-state index is 0.254. The zero-order valence-corrected chi connectivity index (χ0v) is 12.0. The zero-order chi connectivity index (χ0) is 12.9. The van der Waals surface area contributed by atoms with E-state index in [4.69, 9.17) is 0 Å². The highest BCUT2D eigenvalue weighted by Gasteiger charge is 2.14. The van der Waals surface area contributed by atoms with Gasteiger partial charge >= 0.3 is 0 Å². The lowest BCUT2D eigenvalue weighted by Gasteiger charge is -2.20. The number of benzene rings is 1. The van der Waals surface area contributed by atoms with Gasteiger partial charge in [-0.15, -0.1) is 0 Å². The first-order valence-electron chi connectivity index (χ1n) is 6.70. The SMILES string of the molecule is C/C=C\CC(CC)c1ccc(C(C)(C)C)cc1. The maximum atomic E-state index is 2.30. The highest BCUT2D eigenvalue weighted by atomic mass is 14.2. The van der Waals surface area contributed by atoms with E-state index in [1.54, 1.807) is 0 Å². The van der Waals surface area contributed by atoms with E-state index in [-0.39, 0.29) is 5.41 Å². The van der Waals surface area contributed by atoms with Crippen LogP contribution in [-0.2, 0) is 5.41 Å². The molecule has 94 valence electrons. The number of hydrogen-bond acceptors (Lipinski definition) is 0. The maximum Gasteiger partial charge on any atom is -0.0130 e. The summed E-state index contributed by atoms with van der Waals surface area (Å²) in [5, 5.41) is 0. The number of hydrogen-bond donors (Lipinski definition) is 0. The van der Waals surface area contributed by atoms with Gasteiger partial charge in [0, 0.05) is 0 Å². The Hall–Kier alpha value is -1.04. The lowest BCUT2D eigenvalue weighted by atomic mass is 9.84. The van der Waals surface area contributed by atoms with E-state index in [1.165, 1.54) is 17.5 Å². The predicted molar refractivity (Wildman–Crippen MR) is 77.6 cm³/mol. The molecule has 17 heavy (non-hydrogen) atoms. The average Bonchev–Trinajstić information content (AvgIpc) is 2.29. The first-order valence-corrected chi connectivity index (χ1v) is 6.70. The van der Waals surface area contributed by atoms with Crippen molar-refractivity contribution in [1.82, 2.24) is 0 Å². The Bertz CT molecular complexity index is 349. The van der Waals surface area contributed by atoms with Crippen LogP contribution in [-0.4, -0.2) is 0 Å². The lowest BCUT2D eigenvalue weighted by Crippen LogP contribution is -2.11. The molecular formula is C17H26. The molecule has 0 saturated heterocycles. The van der Waals surface area contributed by atoms with Crippen molar-refractivity contribution in [3.63, 3.8) is 0 Å². The van der Waals surface area contributed by atoms with Crippen LogP contribution in [0.25, 0.3) is 0 Å². The zero-order valence-electron chi connectivity index (χ0n) is 12.0. The topological polar surface area (TPSA) is 0 Å². The normalized spacial score (nSPS) is 14.2. The Kier molecular flexibility index (Phi) is 4.99. The summed E-state index contributed by atoms with van der Waals surface area (Å²) in [5.74, 6) is 0.667. The highest BCUT2D eigenvalue weighted by Crippen LogP contribution is 2.27. The van der Waals surface area contributed by atoms with Crippen molar-refractivity contribution in [3.8, 4) is 0 Å². The predicted octanol–water partition coefficient (Wildman–Crippen LogP) is 5.44. The van der Waals surface area contributed by atoms with E-state index in [0.29, 0.717) is 5.92 Å². The third-order valence-electron chi connectivity index (χ3n) is 3.40. The first kappa shape index (κ1) is 14.0. The Labute approximate surface area is 107 Å². The maximum absolute atomic E-state index is 2.30. The summed E-state index contributed by atoms with van der Waals surface area (Å²) in [6, 6.07) is 9.18. The summed E-state index contributed by atoms with van der Waals surface area (Å²) in [4.78, 5) is 0.